The summed E-state index contributed by atoms with van der Waals surface area (Å²) in [5.74, 6) is 0.361. The van der Waals surface area contributed by atoms with Crippen LogP contribution in [0.5, 0.6) is 0 Å². The monoisotopic (exact) mass is 423 g/mol. The number of benzene rings is 1. The molecule has 0 bridgehead atoms. The predicted octanol–water partition coefficient (Wildman–Crippen LogP) is 3.39. The van der Waals surface area contributed by atoms with E-state index in [1.54, 1.807) is 12.1 Å². The van der Waals surface area contributed by atoms with Gasteiger partial charge in [-0.2, -0.15) is 18.4 Å². The summed E-state index contributed by atoms with van der Waals surface area (Å²) in [7, 11) is 0. The van der Waals surface area contributed by atoms with Crippen molar-refractivity contribution in [3.63, 3.8) is 0 Å². The van der Waals surface area contributed by atoms with Gasteiger partial charge in [-0.3, -0.25) is 9.69 Å². The van der Waals surface area contributed by atoms with Crippen molar-refractivity contribution < 1.29 is 18.0 Å². The van der Waals surface area contributed by atoms with Crippen molar-refractivity contribution in [1.82, 2.24) is 9.88 Å². The summed E-state index contributed by atoms with van der Waals surface area (Å²) >= 11 is 5.59. The minimum atomic E-state index is -4.59. The van der Waals surface area contributed by atoms with Gasteiger partial charge in [0.05, 0.1) is 22.7 Å². The Morgan fingerprint density at radius 2 is 1.93 bits per heavy atom. The second-order valence-electron chi connectivity index (χ2n) is 6.52. The third-order valence-electron chi connectivity index (χ3n) is 4.50. The number of carbonyl (C=O) groups is 1. The Balaban J connectivity index is 1.53. The fourth-order valence-corrected chi connectivity index (χ4v) is 3.22. The molecule has 2 heterocycles. The Morgan fingerprint density at radius 1 is 1.21 bits per heavy atom. The number of rotatable bonds is 4. The number of anilines is 2. The number of nitrogens with one attached hydrogen (secondary N) is 1. The van der Waals surface area contributed by atoms with E-state index in [1.807, 2.05) is 15.9 Å². The molecular formula is C19H17ClF3N5O. The van der Waals surface area contributed by atoms with Gasteiger partial charge in [-0.1, -0.05) is 11.6 Å². The van der Waals surface area contributed by atoms with Crippen LogP contribution in [0, 0.1) is 11.3 Å². The van der Waals surface area contributed by atoms with Gasteiger partial charge >= 0.3 is 6.18 Å². The quantitative estimate of drug-likeness (QED) is 0.816. The summed E-state index contributed by atoms with van der Waals surface area (Å²) in [4.78, 5) is 20.4. The minimum Gasteiger partial charge on any atom is -0.354 e. The molecule has 6 nitrogen and oxygen atoms in total. The third-order valence-corrected chi connectivity index (χ3v) is 4.83. The molecule has 1 aliphatic heterocycles. The summed E-state index contributed by atoms with van der Waals surface area (Å²) in [5, 5.41) is 10.9. The molecule has 0 aliphatic carbocycles. The summed E-state index contributed by atoms with van der Waals surface area (Å²) in [5.41, 5.74) is -0.451. The molecule has 3 rings (SSSR count). The van der Waals surface area contributed by atoms with Gasteiger partial charge in [-0.05, 0) is 30.3 Å². The van der Waals surface area contributed by atoms with E-state index in [1.165, 1.54) is 12.3 Å². The van der Waals surface area contributed by atoms with Gasteiger partial charge < -0.3 is 10.2 Å². The van der Waals surface area contributed by atoms with Crippen LogP contribution in [-0.2, 0) is 11.0 Å². The minimum absolute atomic E-state index is 0.0483. The SMILES string of the molecule is N#Cc1ccc(N2CCN(CC(=O)Nc3ccc(Cl)c(C(F)(F)F)c3)CC2)nc1. The highest BCUT2D eigenvalue weighted by atomic mass is 35.5. The average molecular weight is 424 g/mol. The van der Waals surface area contributed by atoms with Crippen LogP contribution >= 0.6 is 11.6 Å². The Hall–Kier alpha value is -2.83. The highest BCUT2D eigenvalue weighted by Crippen LogP contribution is 2.36. The molecular weight excluding hydrogens is 407 g/mol. The fourth-order valence-electron chi connectivity index (χ4n) is 3.00. The van der Waals surface area contributed by atoms with E-state index in [0.29, 0.717) is 31.7 Å². The van der Waals surface area contributed by atoms with Crippen LogP contribution in [0.15, 0.2) is 36.5 Å². The Kier molecular flexibility index (Phi) is 6.25. The van der Waals surface area contributed by atoms with Crippen LogP contribution in [0.25, 0.3) is 0 Å². The van der Waals surface area contributed by atoms with Crippen LogP contribution in [-0.4, -0.2) is 48.5 Å². The summed E-state index contributed by atoms with van der Waals surface area (Å²) in [6.45, 7) is 2.56. The zero-order valence-corrected chi connectivity index (χ0v) is 16.0. The number of alkyl halides is 3. The predicted molar refractivity (Wildman–Crippen MR) is 103 cm³/mol. The van der Waals surface area contributed by atoms with Crippen molar-refractivity contribution in [1.29, 1.82) is 5.26 Å². The van der Waals surface area contributed by atoms with Crippen molar-refractivity contribution in [2.75, 3.05) is 42.9 Å². The molecule has 1 saturated heterocycles. The summed E-state index contributed by atoms with van der Waals surface area (Å²) in [6, 6.07) is 8.77. The molecule has 1 aromatic heterocycles. The Bertz CT molecular complexity index is 919. The number of aromatic nitrogens is 1. The van der Waals surface area contributed by atoms with E-state index in [-0.39, 0.29) is 12.2 Å². The van der Waals surface area contributed by atoms with Gasteiger partial charge in [-0.25, -0.2) is 4.98 Å². The van der Waals surface area contributed by atoms with Crippen LogP contribution < -0.4 is 10.2 Å². The average Bonchev–Trinajstić information content (AvgIpc) is 2.69. The molecule has 1 amide bonds. The van der Waals surface area contributed by atoms with Crippen LogP contribution in [0.2, 0.25) is 5.02 Å². The first-order valence-corrected chi connectivity index (χ1v) is 9.14. The fraction of sp³-hybridized carbons (Fsp3) is 0.316. The molecule has 0 saturated carbocycles. The van der Waals surface area contributed by atoms with Crippen molar-refractivity contribution in [3.05, 3.63) is 52.7 Å². The molecule has 2 aromatic rings. The molecule has 0 unspecified atom stereocenters. The Labute approximate surface area is 170 Å². The first-order chi connectivity index (χ1) is 13.8. The smallest absolute Gasteiger partial charge is 0.354 e. The molecule has 0 radical (unpaired) electrons. The van der Waals surface area contributed by atoms with E-state index in [9.17, 15) is 18.0 Å². The topological polar surface area (TPSA) is 72.3 Å². The first kappa shape index (κ1) is 20.9. The number of hydrogen-bond donors (Lipinski definition) is 1. The van der Waals surface area contributed by atoms with E-state index in [2.05, 4.69) is 10.3 Å². The van der Waals surface area contributed by atoms with Crippen LogP contribution in [0.4, 0.5) is 24.7 Å². The normalized spacial score (nSPS) is 15.1. The zero-order valence-electron chi connectivity index (χ0n) is 15.2. The highest BCUT2D eigenvalue weighted by Gasteiger charge is 2.33. The molecule has 0 spiro atoms. The second-order valence-corrected chi connectivity index (χ2v) is 6.93. The number of amides is 1. The Morgan fingerprint density at radius 3 is 2.52 bits per heavy atom. The highest BCUT2D eigenvalue weighted by molar-refractivity contribution is 6.31. The number of halogens is 4. The number of nitriles is 1. The van der Waals surface area contributed by atoms with Gasteiger partial charge in [0, 0.05) is 38.1 Å². The van der Waals surface area contributed by atoms with E-state index < -0.39 is 22.7 Å². The number of piperazine rings is 1. The number of nitrogens with zero attached hydrogens (tertiary/aromatic N) is 4. The zero-order chi connectivity index (χ0) is 21.0. The molecule has 1 fully saturated rings. The lowest BCUT2D eigenvalue weighted by atomic mass is 10.2. The largest absolute Gasteiger partial charge is 0.417 e. The first-order valence-electron chi connectivity index (χ1n) is 8.76. The second kappa shape index (κ2) is 8.68. The summed E-state index contributed by atoms with van der Waals surface area (Å²) < 4.78 is 38.8. The van der Waals surface area contributed by atoms with Crippen molar-refractivity contribution in [2.24, 2.45) is 0 Å². The molecule has 0 atom stereocenters. The van der Waals surface area contributed by atoms with Gasteiger partial charge in [0.1, 0.15) is 11.9 Å². The van der Waals surface area contributed by atoms with Gasteiger partial charge in [0.25, 0.3) is 0 Å². The van der Waals surface area contributed by atoms with Crippen molar-refractivity contribution in [3.8, 4) is 6.07 Å². The van der Waals surface area contributed by atoms with E-state index in [4.69, 9.17) is 16.9 Å². The van der Waals surface area contributed by atoms with Crippen molar-refractivity contribution >= 4 is 29.0 Å². The van der Waals surface area contributed by atoms with Crippen LogP contribution in [0.1, 0.15) is 11.1 Å². The van der Waals surface area contributed by atoms with Gasteiger partial charge in [0.2, 0.25) is 5.91 Å². The maximum absolute atomic E-state index is 12.9. The van der Waals surface area contributed by atoms with Gasteiger partial charge in [0.15, 0.2) is 0 Å². The molecule has 152 valence electrons. The number of pyridine rings is 1. The van der Waals surface area contributed by atoms with Gasteiger partial charge in [-0.15, -0.1) is 0 Å². The number of carbonyl (C=O) groups excluding carboxylic acids is 1. The number of hydrogen-bond acceptors (Lipinski definition) is 5. The standard InChI is InChI=1S/C19H17ClF3N5O/c20-16-3-2-14(9-15(16)19(21,22)23)26-18(29)12-27-5-7-28(8-6-27)17-4-1-13(10-24)11-25-17/h1-4,9,11H,5-8,12H2,(H,26,29). The third kappa shape index (κ3) is 5.37. The molecule has 29 heavy (non-hydrogen) atoms. The lowest BCUT2D eigenvalue weighted by Gasteiger charge is -2.35. The van der Waals surface area contributed by atoms with E-state index >= 15 is 0 Å². The lowest BCUT2D eigenvalue weighted by molar-refractivity contribution is -0.137. The molecule has 1 N–H and O–H groups in total. The molecule has 1 aromatic carbocycles. The maximum atomic E-state index is 12.9. The van der Waals surface area contributed by atoms with E-state index in [0.717, 1.165) is 18.0 Å². The molecule has 10 heteroatoms. The van der Waals surface area contributed by atoms with Crippen molar-refractivity contribution in [2.45, 2.75) is 6.18 Å². The molecule has 1 aliphatic rings. The summed E-state index contributed by atoms with van der Waals surface area (Å²) in [6.07, 6.45) is -3.08. The lowest BCUT2D eigenvalue weighted by Crippen LogP contribution is -2.48. The maximum Gasteiger partial charge on any atom is 0.417 e. The van der Waals surface area contributed by atoms with Crippen LogP contribution in [0.3, 0.4) is 0 Å².